The SMILES string of the molecule is CC(C)C[C@@H]1CCO[C@@H]2[C@H](CN[C@@H]2C(=O)N[C@@H]2C/C=C\C(CO)CSC3OC24C(O)C4C(O)[C@H]3O)C1. The van der Waals surface area contributed by atoms with Crippen LogP contribution < -0.4 is 10.6 Å². The second-order valence-electron chi connectivity index (χ2n) is 11.8. The maximum absolute atomic E-state index is 13.6. The Morgan fingerprint density at radius 1 is 1.28 bits per heavy atom. The molecule has 0 aromatic carbocycles. The fraction of sp³-hybridized carbons (Fsp3) is 0.885. The van der Waals surface area contributed by atoms with Crippen molar-refractivity contribution in [1.82, 2.24) is 10.6 Å². The van der Waals surface area contributed by atoms with Gasteiger partial charge in [0.2, 0.25) is 5.91 Å². The number of rotatable bonds is 5. The fourth-order valence-electron chi connectivity index (χ4n) is 6.98. The molecule has 4 aliphatic heterocycles. The monoisotopic (exact) mass is 526 g/mol. The molecule has 5 rings (SSSR count). The van der Waals surface area contributed by atoms with E-state index in [4.69, 9.17) is 9.47 Å². The predicted molar refractivity (Wildman–Crippen MR) is 135 cm³/mol. The van der Waals surface area contributed by atoms with Crippen LogP contribution in [0.15, 0.2) is 12.2 Å². The number of carbonyl (C=O) groups is 1. The zero-order valence-electron chi connectivity index (χ0n) is 21.2. The Morgan fingerprint density at radius 3 is 2.83 bits per heavy atom. The van der Waals surface area contributed by atoms with E-state index in [2.05, 4.69) is 24.5 Å². The third-order valence-corrected chi connectivity index (χ3v) is 10.2. The van der Waals surface area contributed by atoms with E-state index >= 15 is 0 Å². The van der Waals surface area contributed by atoms with Crippen molar-refractivity contribution < 1.29 is 34.7 Å². The number of thioether (sulfide) groups is 1. The van der Waals surface area contributed by atoms with Gasteiger partial charge in [-0.2, -0.15) is 0 Å². The first-order valence-corrected chi connectivity index (χ1v) is 14.6. The van der Waals surface area contributed by atoms with Crippen molar-refractivity contribution in [3.63, 3.8) is 0 Å². The van der Waals surface area contributed by atoms with Crippen molar-refractivity contribution in [2.75, 3.05) is 25.5 Å². The lowest BCUT2D eigenvalue weighted by Crippen LogP contribution is -2.59. The zero-order chi connectivity index (χ0) is 25.6. The number of fused-ring (bicyclic) bond motifs is 2. The van der Waals surface area contributed by atoms with Gasteiger partial charge in [-0.1, -0.05) is 26.0 Å². The van der Waals surface area contributed by atoms with Crippen LogP contribution in [0.25, 0.3) is 0 Å². The first-order valence-electron chi connectivity index (χ1n) is 13.5. The van der Waals surface area contributed by atoms with Crippen molar-refractivity contribution in [2.24, 2.45) is 29.6 Å². The molecular weight excluding hydrogens is 484 g/mol. The topological polar surface area (TPSA) is 141 Å². The third kappa shape index (κ3) is 4.88. The number of aliphatic hydroxyl groups excluding tert-OH is 4. The van der Waals surface area contributed by atoms with Gasteiger partial charge in [-0.05, 0) is 43.4 Å². The molecule has 204 valence electrons. The summed E-state index contributed by atoms with van der Waals surface area (Å²) in [4.78, 5) is 13.6. The van der Waals surface area contributed by atoms with Crippen molar-refractivity contribution >= 4 is 17.7 Å². The number of aliphatic hydroxyl groups is 4. The second-order valence-corrected chi connectivity index (χ2v) is 12.9. The van der Waals surface area contributed by atoms with E-state index in [1.54, 1.807) is 0 Å². The van der Waals surface area contributed by atoms with Gasteiger partial charge >= 0.3 is 0 Å². The highest BCUT2D eigenvalue weighted by Crippen LogP contribution is 2.58. The molecule has 6 N–H and O–H groups in total. The Hall–Kier alpha value is -0.720. The molecule has 1 aliphatic carbocycles. The van der Waals surface area contributed by atoms with Gasteiger partial charge in [-0.3, -0.25) is 4.79 Å². The van der Waals surface area contributed by atoms with E-state index in [1.165, 1.54) is 18.2 Å². The minimum absolute atomic E-state index is 0.0491. The standard InChI is InChI=1S/C26H42N2O7S/c1-13(2)8-14-6-7-34-22-16(9-14)10-27-19(22)24(33)28-17-5-3-4-15(11-29)12-36-25-21(31)20(30)18-23(32)26(17,18)35-25/h3-4,13-23,25,27,29-32H,5-12H2,1-2H3,(H,28,33)/b4-3-/t14-,15?,16-,17+,18?,19-,20?,21+,22+,23?,25?,26?/m0/s1. The van der Waals surface area contributed by atoms with Crippen LogP contribution in [0, 0.1) is 29.6 Å². The molecule has 6 unspecified atom stereocenters. The molecular formula is C26H42N2O7S. The molecule has 36 heavy (non-hydrogen) atoms. The lowest BCUT2D eigenvalue weighted by Gasteiger charge is -2.40. The number of carbonyl (C=O) groups excluding carboxylic acids is 1. The number of ether oxygens (including phenoxy) is 2. The molecule has 2 bridgehead atoms. The number of hydrogen-bond acceptors (Lipinski definition) is 9. The average Bonchev–Trinajstić information content (AvgIpc) is 3.33. The smallest absolute Gasteiger partial charge is 0.240 e. The van der Waals surface area contributed by atoms with Gasteiger partial charge in [0.05, 0.1) is 36.9 Å². The largest absolute Gasteiger partial charge is 0.396 e. The van der Waals surface area contributed by atoms with Crippen LogP contribution in [0.2, 0.25) is 0 Å². The molecule has 0 radical (unpaired) electrons. The Balaban J connectivity index is 1.33. The van der Waals surface area contributed by atoms with Crippen LogP contribution in [-0.2, 0) is 14.3 Å². The maximum Gasteiger partial charge on any atom is 0.240 e. The molecule has 9 nitrogen and oxygen atoms in total. The summed E-state index contributed by atoms with van der Waals surface area (Å²) in [5.74, 6) is 1.03. The summed E-state index contributed by atoms with van der Waals surface area (Å²) in [7, 11) is 0. The molecule has 1 amide bonds. The third-order valence-electron chi connectivity index (χ3n) is 8.83. The van der Waals surface area contributed by atoms with Gasteiger partial charge in [-0.25, -0.2) is 0 Å². The Morgan fingerprint density at radius 2 is 2.08 bits per heavy atom. The molecule has 10 heteroatoms. The van der Waals surface area contributed by atoms with E-state index in [0.717, 1.165) is 19.4 Å². The molecule has 4 fully saturated rings. The molecule has 12 atom stereocenters. The molecule has 1 saturated carbocycles. The number of hydrogen-bond donors (Lipinski definition) is 6. The zero-order valence-corrected chi connectivity index (χ0v) is 22.0. The average molecular weight is 527 g/mol. The van der Waals surface area contributed by atoms with E-state index in [0.29, 0.717) is 30.6 Å². The highest BCUT2D eigenvalue weighted by atomic mass is 32.2. The first kappa shape index (κ1) is 26.9. The molecule has 1 spiro atoms. The molecule has 0 aromatic rings. The Labute approximate surface area is 217 Å². The summed E-state index contributed by atoms with van der Waals surface area (Å²) >= 11 is 1.31. The second kappa shape index (κ2) is 10.8. The van der Waals surface area contributed by atoms with Crippen molar-refractivity contribution in [1.29, 1.82) is 0 Å². The minimum Gasteiger partial charge on any atom is -0.396 e. The van der Waals surface area contributed by atoms with Crippen LogP contribution >= 0.6 is 11.8 Å². The minimum atomic E-state index is -1.16. The van der Waals surface area contributed by atoms with Crippen LogP contribution in [-0.4, -0.2) is 99.4 Å². The van der Waals surface area contributed by atoms with Gasteiger partial charge in [0.25, 0.3) is 0 Å². The molecule has 0 aromatic heterocycles. The van der Waals surface area contributed by atoms with E-state index in [-0.39, 0.29) is 30.5 Å². The number of amides is 1. The van der Waals surface area contributed by atoms with Gasteiger partial charge in [0, 0.05) is 24.8 Å². The summed E-state index contributed by atoms with van der Waals surface area (Å²) < 4.78 is 12.5. The van der Waals surface area contributed by atoms with E-state index in [9.17, 15) is 25.2 Å². The number of nitrogens with one attached hydrogen (secondary N) is 2. The Kier molecular flexibility index (Phi) is 8.06. The van der Waals surface area contributed by atoms with Crippen LogP contribution in [0.1, 0.15) is 39.5 Å². The quantitative estimate of drug-likeness (QED) is 0.273. The van der Waals surface area contributed by atoms with Crippen molar-refractivity contribution in [2.45, 2.75) is 87.1 Å². The highest BCUT2D eigenvalue weighted by molar-refractivity contribution is 7.99. The molecule has 3 saturated heterocycles. The summed E-state index contributed by atoms with van der Waals surface area (Å²) in [5.41, 5.74) is -1.92. The van der Waals surface area contributed by atoms with Crippen LogP contribution in [0.4, 0.5) is 0 Å². The van der Waals surface area contributed by atoms with Crippen LogP contribution in [0.5, 0.6) is 0 Å². The molecule has 4 heterocycles. The van der Waals surface area contributed by atoms with Gasteiger partial charge < -0.3 is 40.5 Å². The molecule has 5 aliphatic rings. The highest BCUT2D eigenvalue weighted by Gasteiger charge is 2.77. The maximum atomic E-state index is 13.6. The lowest BCUT2D eigenvalue weighted by atomic mass is 9.85. The van der Waals surface area contributed by atoms with Gasteiger partial charge in [0.15, 0.2) is 0 Å². The lowest BCUT2D eigenvalue weighted by molar-refractivity contribution is -0.156. The van der Waals surface area contributed by atoms with Gasteiger partial charge in [-0.15, -0.1) is 11.8 Å². The van der Waals surface area contributed by atoms with Crippen LogP contribution in [0.3, 0.4) is 0 Å². The van der Waals surface area contributed by atoms with Crippen molar-refractivity contribution in [3.05, 3.63) is 12.2 Å². The van der Waals surface area contributed by atoms with E-state index < -0.39 is 47.4 Å². The summed E-state index contributed by atoms with van der Waals surface area (Å²) in [5, 5.41) is 48.5. The fourth-order valence-corrected chi connectivity index (χ4v) is 8.22. The van der Waals surface area contributed by atoms with E-state index in [1.807, 2.05) is 12.2 Å². The van der Waals surface area contributed by atoms with Gasteiger partial charge in [0.1, 0.15) is 23.2 Å². The Bertz CT molecular complexity index is 830. The summed E-state index contributed by atoms with van der Waals surface area (Å²) in [6.45, 7) is 5.82. The van der Waals surface area contributed by atoms with Crippen molar-refractivity contribution in [3.8, 4) is 0 Å². The normalized spacial score (nSPS) is 49.5. The predicted octanol–water partition coefficient (Wildman–Crippen LogP) is 0.00970. The summed E-state index contributed by atoms with van der Waals surface area (Å²) in [6.07, 6.45) is 3.95. The first-order chi connectivity index (χ1) is 17.3. The summed E-state index contributed by atoms with van der Waals surface area (Å²) in [6, 6.07) is -1.09.